The summed E-state index contributed by atoms with van der Waals surface area (Å²) in [7, 11) is 0. The molecule has 1 N–H and O–H groups in total. The molecule has 1 aromatic heterocycles. The lowest BCUT2D eigenvalue weighted by Gasteiger charge is -2.36. The fraction of sp³-hybridized carbons (Fsp3) is 0.588. The predicted octanol–water partition coefficient (Wildman–Crippen LogP) is 3.54. The predicted molar refractivity (Wildman–Crippen MR) is 88.3 cm³/mol. The summed E-state index contributed by atoms with van der Waals surface area (Å²) in [6, 6.07) is 4.39. The average Bonchev–Trinajstić information content (AvgIpc) is 2.40. The molecule has 0 spiro atoms. The molecule has 112 valence electrons. The molecule has 0 amide bonds. The Hall–Kier alpha value is -1.35. The van der Waals surface area contributed by atoms with Crippen molar-refractivity contribution in [3.8, 4) is 0 Å². The average molecular weight is 275 g/mol. The van der Waals surface area contributed by atoms with Gasteiger partial charge in [0.1, 0.15) is 5.82 Å². The van der Waals surface area contributed by atoms with Crippen molar-refractivity contribution in [3.63, 3.8) is 0 Å². The van der Waals surface area contributed by atoms with Crippen LogP contribution in [-0.4, -0.2) is 23.6 Å². The first-order valence-corrected chi connectivity index (χ1v) is 7.51. The zero-order valence-corrected chi connectivity index (χ0v) is 13.7. The minimum absolute atomic E-state index is 0.0308. The summed E-state index contributed by atoms with van der Waals surface area (Å²) in [4.78, 5) is 7.10. The van der Waals surface area contributed by atoms with Crippen molar-refractivity contribution < 1.29 is 0 Å². The van der Waals surface area contributed by atoms with Crippen molar-refractivity contribution in [1.82, 2.24) is 10.3 Å². The van der Waals surface area contributed by atoms with Crippen LogP contribution in [0.5, 0.6) is 0 Å². The van der Waals surface area contributed by atoms with E-state index in [1.165, 1.54) is 5.56 Å². The monoisotopic (exact) mass is 275 g/mol. The Balaban J connectivity index is 3.15. The Morgan fingerprint density at radius 1 is 1.30 bits per heavy atom. The molecule has 0 unspecified atom stereocenters. The molecule has 0 radical (unpaired) electrons. The first kappa shape index (κ1) is 16.7. The number of hydrogen-bond donors (Lipinski definition) is 1. The van der Waals surface area contributed by atoms with Gasteiger partial charge in [-0.15, -0.1) is 6.58 Å². The van der Waals surface area contributed by atoms with Crippen LogP contribution in [0.3, 0.4) is 0 Å². The highest BCUT2D eigenvalue weighted by atomic mass is 15.2. The molecule has 0 aromatic carbocycles. The lowest BCUT2D eigenvalue weighted by Crippen LogP contribution is -2.42. The second-order valence-electron chi connectivity index (χ2n) is 6.03. The van der Waals surface area contributed by atoms with E-state index in [0.29, 0.717) is 0 Å². The van der Waals surface area contributed by atoms with Crippen LogP contribution in [0.1, 0.15) is 45.9 Å². The number of nitrogens with one attached hydrogen (secondary N) is 1. The SMILES string of the molecule is C=CCN(c1cc(CNCC)cc(CC)n1)C(C)(C)C. The van der Waals surface area contributed by atoms with Gasteiger partial charge < -0.3 is 10.2 Å². The van der Waals surface area contributed by atoms with Crippen LogP contribution in [0.25, 0.3) is 0 Å². The van der Waals surface area contributed by atoms with Gasteiger partial charge in [0.15, 0.2) is 0 Å². The second-order valence-corrected chi connectivity index (χ2v) is 6.03. The van der Waals surface area contributed by atoms with E-state index in [1.807, 2.05) is 6.08 Å². The molecule has 3 heteroatoms. The van der Waals surface area contributed by atoms with Gasteiger partial charge in [-0.1, -0.05) is 19.9 Å². The summed E-state index contributed by atoms with van der Waals surface area (Å²) in [5, 5.41) is 3.39. The molecule has 0 bridgehead atoms. The highest BCUT2D eigenvalue weighted by Gasteiger charge is 2.22. The van der Waals surface area contributed by atoms with Gasteiger partial charge in [0.05, 0.1) is 0 Å². The van der Waals surface area contributed by atoms with E-state index in [-0.39, 0.29) is 5.54 Å². The maximum atomic E-state index is 4.80. The lowest BCUT2D eigenvalue weighted by atomic mass is 10.1. The Kier molecular flexibility index (Phi) is 6.21. The van der Waals surface area contributed by atoms with Crippen molar-refractivity contribution in [2.45, 2.75) is 53.1 Å². The second kappa shape index (κ2) is 7.44. The Morgan fingerprint density at radius 3 is 2.50 bits per heavy atom. The van der Waals surface area contributed by atoms with Gasteiger partial charge in [-0.25, -0.2) is 4.98 Å². The van der Waals surface area contributed by atoms with E-state index in [1.54, 1.807) is 0 Å². The van der Waals surface area contributed by atoms with Gasteiger partial charge in [-0.2, -0.15) is 0 Å². The Labute approximate surface area is 124 Å². The van der Waals surface area contributed by atoms with E-state index in [9.17, 15) is 0 Å². The third kappa shape index (κ3) is 4.64. The number of aromatic nitrogens is 1. The molecule has 1 heterocycles. The Morgan fingerprint density at radius 2 is 2.00 bits per heavy atom. The van der Waals surface area contributed by atoms with E-state index in [0.717, 1.165) is 37.6 Å². The zero-order chi connectivity index (χ0) is 15.2. The van der Waals surface area contributed by atoms with Crippen LogP contribution in [0.2, 0.25) is 0 Å². The molecule has 1 aromatic rings. The van der Waals surface area contributed by atoms with Crippen LogP contribution in [-0.2, 0) is 13.0 Å². The van der Waals surface area contributed by atoms with Gasteiger partial charge in [0, 0.05) is 24.3 Å². The molecule has 0 saturated heterocycles. The number of hydrogen-bond acceptors (Lipinski definition) is 3. The van der Waals surface area contributed by atoms with Crippen LogP contribution in [0.4, 0.5) is 5.82 Å². The quantitative estimate of drug-likeness (QED) is 0.771. The number of aryl methyl sites for hydroxylation is 1. The molecule has 0 atom stereocenters. The fourth-order valence-corrected chi connectivity index (χ4v) is 2.16. The van der Waals surface area contributed by atoms with Crippen LogP contribution >= 0.6 is 0 Å². The molecular formula is C17H29N3. The van der Waals surface area contributed by atoms with Crippen LogP contribution < -0.4 is 10.2 Å². The van der Waals surface area contributed by atoms with Crippen molar-refractivity contribution in [1.29, 1.82) is 0 Å². The third-order valence-electron chi connectivity index (χ3n) is 3.26. The largest absolute Gasteiger partial charge is 0.348 e. The molecule has 20 heavy (non-hydrogen) atoms. The summed E-state index contributed by atoms with van der Waals surface area (Å²) < 4.78 is 0. The number of pyridine rings is 1. The van der Waals surface area contributed by atoms with E-state index in [4.69, 9.17) is 4.98 Å². The summed E-state index contributed by atoms with van der Waals surface area (Å²) in [5.74, 6) is 1.05. The Bertz CT molecular complexity index is 432. The number of rotatable bonds is 7. The smallest absolute Gasteiger partial charge is 0.129 e. The van der Waals surface area contributed by atoms with Gasteiger partial charge in [0.2, 0.25) is 0 Å². The van der Waals surface area contributed by atoms with Crippen molar-refractivity contribution in [3.05, 3.63) is 36.0 Å². The van der Waals surface area contributed by atoms with E-state index in [2.05, 4.69) is 63.5 Å². The first-order chi connectivity index (χ1) is 9.42. The van der Waals surface area contributed by atoms with Crippen LogP contribution in [0, 0.1) is 0 Å². The summed E-state index contributed by atoms with van der Waals surface area (Å²) in [6.07, 6.45) is 2.90. The highest BCUT2D eigenvalue weighted by Crippen LogP contribution is 2.23. The van der Waals surface area contributed by atoms with Gasteiger partial charge >= 0.3 is 0 Å². The molecule has 0 aliphatic heterocycles. The normalized spacial score (nSPS) is 11.4. The molecule has 1 rings (SSSR count). The maximum absolute atomic E-state index is 4.80. The molecule has 0 aliphatic rings. The topological polar surface area (TPSA) is 28.2 Å². The zero-order valence-electron chi connectivity index (χ0n) is 13.7. The molecule has 0 aliphatic carbocycles. The number of nitrogens with zero attached hydrogens (tertiary/aromatic N) is 2. The first-order valence-electron chi connectivity index (χ1n) is 7.51. The summed E-state index contributed by atoms with van der Waals surface area (Å²) >= 11 is 0. The lowest BCUT2D eigenvalue weighted by molar-refractivity contribution is 0.516. The van der Waals surface area contributed by atoms with Crippen LogP contribution in [0.15, 0.2) is 24.8 Å². The highest BCUT2D eigenvalue weighted by molar-refractivity contribution is 5.46. The van der Waals surface area contributed by atoms with Gasteiger partial charge in [0.25, 0.3) is 0 Å². The molecule has 3 nitrogen and oxygen atoms in total. The minimum Gasteiger partial charge on any atom is -0.348 e. The molecular weight excluding hydrogens is 246 g/mol. The third-order valence-corrected chi connectivity index (χ3v) is 3.26. The molecule has 0 saturated carbocycles. The summed E-state index contributed by atoms with van der Waals surface area (Å²) in [5.41, 5.74) is 2.48. The summed E-state index contributed by atoms with van der Waals surface area (Å²) in [6.45, 7) is 17.5. The van der Waals surface area contributed by atoms with E-state index < -0.39 is 0 Å². The maximum Gasteiger partial charge on any atom is 0.129 e. The minimum atomic E-state index is 0.0308. The van der Waals surface area contributed by atoms with Gasteiger partial charge in [-0.3, -0.25) is 0 Å². The van der Waals surface area contributed by atoms with Crippen molar-refractivity contribution in [2.24, 2.45) is 0 Å². The van der Waals surface area contributed by atoms with Crippen molar-refractivity contribution in [2.75, 3.05) is 18.0 Å². The standard InChI is InChI=1S/C17H29N3/c1-7-10-20(17(4,5)6)16-12-14(13-18-9-3)11-15(8-2)19-16/h7,11-12,18H,1,8-10,13H2,2-6H3. The number of anilines is 1. The van der Waals surface area contributed by atoms with E-state index >= 15 is 0 Å². The van der Waals surface area contributed by atoms with Crippen molar-refractivity contribution >= 4 is 5.82 Å². The van der Waals surface area contributed by atoms with Gasteiger partial charge in [-0.05, 0) is 51.4 Å². The molecule has 0 fully saturated rings. The fourth-order valence-electron chi connectivity index (χ4n) is 2.16.